The smallest absolute Gasteiger partial charge is 0.139 e. The van der Waals surface area contributed by atoms with Crippen LogP contribution in [0.2, 0.25) is 0 Å². The van der Waals surface area contributed by atoms with E-state index in [1.165, 1.54) is 0 Å². The fraction of sp³-hybridized carbons (Fsp3) is 0.875. The Kier molecular flexibility index (Phi) is 3.65. The number of rotatable bonds is 3. The van der Waals surface area contributed by atoms with E-state index in [-0.39, 0.29) is 12.1 Å². The average molecular weight is 173 g/mol. The van der Waals surface area contributed by atoms with Crippen LogP contribution >= 0.6 is 0 Å². The van der Waals surface area contributed by atoms with Gasteiger partial charge in [0, 0.05) is 13.7 Å². The number of morpholine rings is 1. The molecule has 0 bridgehead atoms. The third kappa shape index (κ3) is 2.27. The lowest BCUT2D eigenvalue weighted by atomic mass is 10.2. The maximum atomic E-state index is 10.6. The number of aldehydes is 1. The molecule has 70 valence electrons. The molecule has 0 saturated carbocycles. The third-order valence-corrected chi connectivity index (χ3v) is 1.96. The van der Waals surface area contributed by atoms with Crippen molar-refractivity contribution in [1.82, 2.24) is 4.90 Å². The van der Waals surface area contributed by atoms with Gasteiger partial charge in [-0.15, -0.1) is 0 Å². The Balaban J connectivity index is 2.45. The minimum absolute atomic E-state index is 0.138. The van der Waals surface area contributed by atoms with Crippen molar-refractivity contribution in [3.8, 4) is 0 Å². The fourth-order valence-electron chi connectivity index (χ4n) is 1.33. The summed E-state index contributed by atoms with van der Waals surface area (Å²) in [4.78, 5) is 12.5. The van der Waals surface area contributed by atoms with Crippen molar-refractivity contribution in [3.05, 3.63) is 0 Å². The molecule has 2 atom stereocenters. The van der Waals surface area contributed by atoms with E-state index in [1.54, 1.807) is 7.11 Å². The molecule has 1 aliphatic heterocycles. The van der Waals surface area contributed by atoms with Crippen LogP contribution in [-0.4, -0.2) is 50.3 Å². The normalized spacial score (nSPS) is 31.8. The van der Waals surface area contributed by atoms with Gasteiger partial charge in [0.25, 0.3) is 0 Å². The molecule has 1 aliphatic rings. The summed E-state index contributed by atoms with van der Waals surface area (Å²) >= 11 is 0. The van der Waals surface area contributed by atoms with Crippen molar-refractivity contribution in [3.63, 3.8) is 0 Å². The average Bonchev–Trinajstić information content (AvgIpc) is 2.05. The molecule has 0 N–H and O–H groups in total. The maximum Gasteiger partial charge on any atom is 0.139 e. The molecular weight excluding hydrogens is 158 g/mol. The lowest BCUT2D eigenvalue weighted by Gasteiger charge is -2.34. The van der Waals surface area contributed by atoms with Crippen molar-refractivity contribution >= 4 is 6.29 Å². The molecule has 0 aromatic rings. The predicted octanol–water partition coefficient (Wildman–Crippen LogP) is -0.121. The standard InChI is InChI=1S/C8H15NO3/c1-7-3-9(6-11-2)8(4-10)5-12-7/h4,7-8H,3,5-6H2,1-2H3/t7-,8?/m1/s1. The molecule has 0 amide bonds. The molecule has 12 heavy (non-hydrogen) atoms. The van der Waals surface area contributed by atoms with Crippen molar-refractivity contribution in [1.29, 1.82) is 0 Å². The molecule has 0 aromatic carbocycles. The number of hydrogen-bond donors (Lipinski definition) is 0. The molecule has 4 heteroatoms. The van der Waals surface area contributed by atoms with Gasteiger partial charge in [-0.05, 0) is 6.92 Å². The Bertz CT molecular complexity index is 151. The lowest BCUT2D eigenvalue weighted by Crippen LogP contribution is -2.50. The molecule has 1 unspecified atom stereocenters. The highest BCUT2D eigenvalue weighted by atomic mass is 16.5. The fourth-order valence-corrected chi connectivity index (χ4v) is 1.33. The van der Waals surface area contributed by atoms with Crippen LogP contribution < -0.4 is 0 Å². The quantitative estimate of drug-likeness (QED) is 0.558. The van der Waals surface area contributed by atoms with Crippen LogP contribution in [0.25, 0.3) is 0 Å². The number of carbonyl (C=O) groups is 1. The zero-order valence-corrected chi connectivity index (χ0v) is 7.53. The predicted molar refractivity (Wildman–Crippen MR) is 43.8 cm³/mol. The van der Waals surface area contributed by atoms with Crippen molar-refractivity contribution in [2.24, 2.45) is 0 Å². The van der Waals surface area contributed by atoms with E-state index in [4.69, 9.17) is 9.47 Å². The lowest BCUT2D eigenvalue weighted by molar-refractivity contribution is -0.128. The van der Waals surface area contributed by atoms with Gasteiger partial charge in [0.2, 0.25) is 0 Å². The summed E-state index contributed by atoms with van der Waals surface area (Å²) in [5.41, 5.74) is 0. The van der Waals surface area contributed by atoms with Gasteiger partial charge in [-0.3, -0.25) is 4.90 Å². The van der Waals surface area contributed by atoms with Gasteiger partial charge < -0.3 is 14.3 Å². The van der Waals surface area contributed by atoms with Gasteiger partial charge in [0.1, 0.15) is 6.29 Å². The van der Waals surface area contributed by atoms with Crippen molar-refractivity contribution < 1.29 is 14.3 Å². The van der Waals surface area contributed by atoms with E-state index in [0.717, 1.165) is 12.8 Å². The number of methoxy groups -OCH3 is 1. The van der Waals surface area contributed by atoms with Crippen LogP contribution in [0.4, 0.5) is 0 Å². The zero-order chi connectivity index (χ0) is 8.97. The van der Waals surface area contributed by atoms with Crippen LogP contribution in [-0.2, 0) is 14.3 Å². The van der Waals surface area contributed by atoms with Crippen LogP contribution in [0.3, 0.4) is 0 Å². The topological polar surface area (TPSA) is 38.8 Å². The maximum absolute atomic E-state index is 10.6. The highest BCUT2D eigenvalue weighted by Crippen LogP contribution is 2.09. The Labute approximate surface area is 72.4 Å². The highest BCUT2D eigenvalue weighted by Gasteiger charge is 2.25. The van der Waals surface area contributed by atoms with Crippen molar-refractivity contribution in [2.45, 2.75) is 19.1 Å². The molecule has 0 spiro atoms. The second kappa shape index (κ2) is 4.54. The molecule has 0 aromatic heterocycles. The molecule has 0 aliphatic carbocycles. The first-order valence-electron chi connectivity index (χ1n) is 4.07. The first kappa shape index (κ1) is 9.64. The molecule has 1 rings (SSSR count). The van der Waals surface area contributed by atoms with E-state index in [9.17, 15) is 4.79 Å². The number of hydrogen-bond acceptors (Lipinski definition) is 4. The second-order valence-electron chi connectivity index (χ2n) is 3.04. The summed E-state index contributed by atoms with van der Waals surface area (Å²) in [5.74, 6) is 0. The Morgan fingerprint density at radius 3 is 3.08 bits per heavy atom. The first-order valence-corrected chi connectivity index (χ1v) is 4.07. The highest BCUT2D eigenvalue weighted by molar-refractivity contribution is 5.57. The molecule has 4 nitrogen and oxygen atoms in total. The van der Waals surface area contributed by atoms with E-state index in [1.807, 2.05) is 11.8 Å². The van der Waals surface area contributed by atoms with Gasteiger partial charge in [-0.1, -0.05) is 0 Å². The van der Waals surface area contributed by atoms with Gasteiger partial charge in [-0.2, -0.15) is 0 Å². The Hall–Kier alpha value is -0.450. The van der Waals surface area contributed by atoms with Crippen LogP contribution in [0.5, 0.6) is 0 Å². The molecule has 1 heterocycles. The van der Waals surface area contributed by atoms with Gasteiger partial charge in [-0.25, -0.2) is 0 Å². The molecule has 1 saturated heterocycles. The Morgan fingerprint density at radius 2 is 2.50 bits per heavy atom. The number of ether oxygens (including phenoxy) is 2. The van der Waals surface area contributed by atoms with Gasteiger partial charge >= 0.3 is 0 Å². The molecular formula is C8H15NO3. The summed E-state index contributed by atoms with van der Waals surface area (Å²) in [6, 6.07) is -0.138. The summed E-state index contributed by atoms with van der Waals surface area (Å²) in [7, 11) is 1.63. The summed E-state index contributed by atoms with van der Waals surface area (Å²) in [6.07, 6.45) is 1.10. The van der Waals surface area contributed by atoms with E-state index in [0.29, 0.717) is 13.3 Å². The summed E-state index contributed by atoms with van der Waals surface area (Å²) in [5, 5.41) is 0. The van der Waals surface area contributed by atoms with Gasteiger partial charge in [0.05, 0.1) is 25.5 Å². The van der Waals surface area contributed by atoms with Crippen LogP contribution in [0.15, 0.2) is 0 Å². The summed E-state index contributed by atoms with van der Waals surface area (Å²) in [6.45, 7) is 3.73. The zero-order valence-electron chi connectivity index (χ0n) is 7.53. The van der Waals surface area contributed by atoms with E-state index >= 15 is 0 Å². The number of carbonyl (C=O) groups excluding carboxylic acids is 1. The van der Waals surface area contributed by atoms with E-state index in [2.05, 4.69) is 0 Å². The van der Waals surface area contributed by atoms with Crippen LogP contribution in [0.1, 0.15) is 6.92 Å². The second-order valence-corrected chi connectivity index (χ2v) is 3.04. The Morgan fingerprint density at radius 1 is 1.75 bits per heavy atom. The summed E-state index contributed by atoms with van der Waals surface area (Å²) < 4.78 is 10.3. The van der Waals surface area contributed by atoms with Gasteiger partial charge in [0.15, 0.2) is 0 Å². The molecule has 0 radical (unpaired) electrons. The minimum Gasteiger partial charge on any atom is -0.375 e. The van der Waals surface area contributed by atoms with Crippen LogP contribution in [0, 0.1) is 0 Å². The van der Waals surface area contributed by atoms with Crippen molar-refractivity contribution in [2.75, 3.05) is 27.0 Å². The third-order valence-electron chi connectivity index (χ3n) is 1.96. The monoisotopic (exact) mass is 173 g/mol. The SMILES string of the molecule is COCN1C[C@@H](C)OCC1C=O. The number of nitrogens with zero attached hydrogens (tertiary/aromatic N) is 1. The largest absolute Gasteiger partial charge is 0.375 e. The minimum atomic E-state index is -0.138. The van der Waals surface area contributed by atoms with E-state index < -0.39 is 0 Å². The first-order chi connectivity index (χ1) is 5.77. The molecule has 1 fully saturated rings.